The Hall–Kier alpha value is -3.72. The molecule has 0 spiro atoms. The number of amides is 1. The van der Waals surface area contributed by atoms with Gasteiger partial charge in [-0.25, -0.2) is 9.97 Å². The van der Waals surface area contributed by atoms with Gasteiger partial charge in [-0.2, -0.15) is 0 Å². The third kappa shape index (κ3) is 5.35. The maximum Gasteiger partial charge on any atom is 0.288 e. The van der Waals surface area contributed by atoms with E-state index >= 15 is 0 Å². The van der Waals surface area contributed by atoms with Crippen molar-refractivity contribution in [2.75, 3.05) is 38.2 Å². The quantitative estimate of drug-likeness (QED) is 0.372. The number of piperazine rings is 1. The second kappa shape index (κ2) is 10.3. The highest BCUT2D eigenvalue weighted by Crippen LogP contribution is 2.28. The van der Waals surface area contributed by atoms with Gasteiger partial charge in [-0.05, 0) is 43.7 Å². The molecule has 3 aromatic rings. The van der Waals surface area contributed by atoms with Crippen LogP contribution in [0.5, 0.6) is 5.75 Å². The summed E-state index contributed by atoms with van der Waals surface area (Å²) in [6.45, 7) is 5.99. The molecule has 1 fully saturated rings. The van der Waals surface area contributed by atoms with Gasteiger partial charge < -0.3 is 14.5 Å². The molecule has 1 aliphatic rings. The van der Waals surface area contributed by atoms with Crippen LogP contribution in [0.3, 0.4) is 0 Å². The van der Waals surface area contributed by atoms with Gasteiger partial charge in [0.15, 0.2) is 0 Å². The van der Waals surface area contributed by atoms with E-state index in [0.717, 1.165) is 28.4 Å². The lowest BCUT2D eigenvalue weighted by Crippen LogP contribution is -2.49. The fourth-order valence-electron chi connectivity index (χ4n) is 4.22. The number of hydrogen-bond acceptors (Lipinski definition) is 7. The summed E-state index contributed by atoms with van der Waals surface area (Å²) in [6.07, 6.45) is 0.680. The summed E-state index contributed by atoms with van der Waals surface area (Å²) >= 11 is 5.89. The van der Waals surface area contributed by atoms with Crippen molar-refractivity contribution in [2.45, 2.75) is 20.3 Å². The predicted octanol–water partition coefficient (Wildman–Crippen LogP) is 4.22. The van der Waals surface area contributed by atoms with Crippen molar-refractivity contribution >= 4 is 29.0 Å². The molecule has 2 aromatic carbocycles. The summed E-state index contributed by atoms with van der Waals surface area (Å²) in [5.41, 5.74) is 3.08. The van der Waals surface area contributed by atoms with Gasteiger partial charge in [0.2, 0.25) is 0 Å². The molecule has 10 heteroatoms. The van der Waals surface area contributed by atoms with Crippen molar-refractivity contribution in [1.82, 2.24) is 14.9 Å². The van der Waals surface area contributed by atoms with Gasteiger partial charge in [0.1, 0.15) is 22.4 Å². The first kappa shape index (κ1) is 24.4. The Kier molecular flexibility index (Phi) is 7.16. The highest BCUT2D eigenvalue weighted by atomic mass is 35.5. The topological polar surface area (TPSA) is 102 Å². The number of hydrogen-bond donors (Lipinski definition) is 0. The monoisotopic (exact) mass is 495 g/mol. The fraction of sp³-hybridized carbons (Fsp3) is 0.320. The van der Waals surface area contributed by atoms with E-state index in [4.69, 9.17) is 21.3 Å². The van der Waals surface area contributed by atoms with E-state index in [-0.39, 0.29) is 22.2 Å². The van der Waals surface area contributed by atoms with Crippen molar-refractivity contribution in [3.05, 3.63) is 85.8 Å². The van der Waals surface area contributed by atoms with E-state index in [1.54, 1.807) is 12.0 Å². The Morgan fingerprint density at radius 1 is 1.09 bits per heavy atom. The van der Waals surface area contributed by atoms with E-state index in [9.17, 15) is 14.9 Å². The number of nitro groups is 1. The van der Waals surface area contributed by atoms with Crippen LogP contribution in [-0.2, 0) is 6.42 Å². The second-order valence-corrected chi connectivity index (χ2v) is 8.79. The van der Waals surface area contributed by atoms with Gasteiger partial charge in [0, 0.05) is 55.5 Å². The lowest BCUT2D eigenvalue weighted by atomic mass is 10.0. The number of halogens is 1. The van der Waals surface area contributed by atoms with Gasteiger partial charge in [-0.15, -0.1) is 0 Å². The maximum atomic E-state index is 13.0. The normalized spacial score (nSPS) is 13.6. The summed E-state index contributed by atoms with van der Waals surface area (Å²) in [4.78, 5) is 36.8. The van der Waals surface area contributed by atoms with Gasteiger partial charge >= 0.3 is 0 Å². The van der Waals surface area contributed by atoms with Crippen molar-refractivity contribution in [3.8, 4) is 5.75 Å². The third-order valence-electron chi connectivity index (χ3n) is 6.10. The van der Waals surface area contributed by atoms with Gasteiger partial charge in [0.05, 0.1) is 12.0 Å². The van der Waals surface area contributed by atoms with Gasteiger partial charge in [0.25, 0.3) is 11.6 Å². The molecule has 0 bridgehead atoms. The minimum absolute atomic E-state index is 0.00950. The van der Waals surface area contributed by atoms with Crippen molar-refractivity contribution in [1.29, 1.82) is 0 Å². The van der Waals surface area contributed by atoms with Crippen LogP contribution in [0, 0.1) is 24.0 Å². The molecule has 0 saturated carbocycles. The molecule has 0 unspecified atom stereocenters. The summed E-state index contributed by atoms with van der Waals surface area (Å²) in [6, 6.07) is 12.1. The van der Waals surface area contributed by atoms with E-state index in [2.05, 4.69) is 9.88 Å². The van der Waals surface area contributed by atoms with Crippen LogP contribution in [0.2, 0.25) is 5.02 Å². The average Bonchev–Trinajstić information content (AvgIpc) is 2.85. The smallest absolute Gasteiger partial charge is 0.288 e. The van der Waals surface area contributed by atoms with Gasteiger partial charge in [-0.3, -0.25) is 14.9 Å². The number of ether oxygens (including phenoxy) is 1. The Morgan fingerprint density at radius 2 is 1.77 bits per heavy atom. The zero-order valence-electron chi connectivity index (χ0n) is 19.8. The van der Waals surface area contributed by atoms with Crippen molar-refractivity contribution in [3.63, 3.8) is 0 Å². The molecule has 0 atom stereocenters. The number of methoxy groups -OCH3 is 1. The first-order valence-corrected chi connectivity index (χ1v) is 11.6. The summed E-state index contributed by atoms with van der Waals surface area (Å²) < 4.78 is 5.26. The molecule has 0 radical (unpaired) electrons. The molecular weight excluding hydrogens is 470 g/mol. The number of nitrogens with zero attached hydrogens (tertiary/aromatic N) is 5. The molecule has 0 aliphatic carbocycles. The number of carbonyl (C=O) groups is 1. The Labute approximate surface area is 208 Å². The molecule has 1 aromatic heterocycles. The molecule has 182 valence electrons. The van der Waals surface area contributed by atoms with Crippen LogP contribution >= 0.6 is 11.6 Å². The molecule has 0 N–H and O–H groups in total. The largest absolute Gasteiger partial charge is 0.497 e. The van der Waals surface area contributed by atoms with Crippen LogP contribution < -0.4 is 9.64 Å². The molecule has 35 heavy (non-hydrogen) atoms. The van der Waals surface area contributed by atoms with E-state index in [1.807, 2.05) is 38.1 Å². The minimum Gasteiger partial charge on any atom is -0.497 e. The zero-order valence-corrected chi connectivity index (χ0v) is 20.6. The third-order valence-corrected chi connectivity index (χ3v) is 6.42. The first-order valence-electron chi connectivity index (χ1n) is 11.2. The van der Waals surface area contributed by atoms with Crippen LogP contribution in [0.25, 0.3) is 0 Å². The summed E-state index contributed by atoms with van der Waals surface area (Å²) in [7, 11) is 1.64. The van der Waals surface area contributed by atoms with Crippen LogP contribution in [0.1, 0.15) is 33.0 Å². The zero-order chi connectivity index (χ0) is 25.1. The average molecular weight is 496 g/mol. The van der Waals surface area contributed by atoms with Crippen LogP contribution in [0.4, 0.5) is 11.5 Å². The number of aryl methyl sites for hydroxylation is 2. The summed E-state index contributed by atoms with van der Waals surface area (Å²) in [5, 5.41) is 11.2. The lowest BCUT2D eigenvalue weighted by Gasteiger charge is -2.36. The Morgan fingerprint density at radius 3 is 2.40 bits per heavy atom. The highest BCUT2D eigenvalue weighted by Gasteiger charge is 2.27. The molecule has 9 nitrogen and oxygen atoms in total. The highest BCUT2D eigenvalue weighted by molar-refractivity contribution is 6.32. The van der Waals surface area contributed by atoms with E-state index in [0.29, 0.717) is 38.4 Å². The Bertz CT molecular complexity index is 1260. The predicted molar refractivity (Wildman–Crippen MR) is 134 cm³/mol. The molecular formula is C25H26ClN5O4. The molecule has 2 heterocycles. The van der Waals surface area contributed by atoms with Crippen LogP contribution in [-0.4, -0.2) is 59.0 Å². The standard InChI is InChI=1S/C25H26ClN5O4/c1-16-21(14-18-4-7-20(35-3)8-5-18)24(28-17(2)27-16)29-10-12-30(13-11-29)25(32)19-6-9-22(26)23(15-19)31(33)34/h4-9,15H,10-14H2,1-3H3. The van der Waals surface area contributed by atoms with Crippen molar-refractivity contribution < 1.29 is 14.5 Å². The van der Waals surface area contributed by atoms with E-state index < -0.39 is 4.92 Å². The van der Waals surface area contributed by atoms with Crippen LogP contribution in [0.15, 0.2) is 42.5 Å². The number of rotatable bonds is 6. The second-order valence-electron chi connectivity index (χ2n) is 8.39. The van der Waals surface area contributed by atoms with Crippen molar-refractivity contribution in [2.24, 2.45) is 0 Å². The number of benzene rings is 2. The number of nitro benzene ring substituents is 1. The minimum atomic E-state index is -0.582. The molecule has 4 rings (SSSR count). The molecule has 1 aliphatic heterocycles. The van der Waals surface area contributed by atoms with Gasteiger partial charge in [-0.1, -0.05) is 23.7 Å². The number of aromatic nitrogens is 2. The summed E-state index contributed by atoms with van der Waals surface area (Å²) in [5.74, 6) is 2.12. The lowest BCUT2D eigenvalue weighted by molar-refractivity contribution is -0.384. The first-order chi connectivity index (χ1) is 16.8. The SMILES string of the molecule is COc1ccc(Cc2c(C)nc(C)nc2N2CCN(C(=O)c3ccc(Cl)c([N+](=O)[O-])c3)CC2)cc1. The van der Waals surface area contributed by atoms with E-state index in [1.165, 1.54) is 18.2 Å². The molecule has 1 amide bonds. The Balaban J connectivity index is 1.51. The number of carbonyl (C=O) groups excluding carboxylic acids is 1. The number of anilines is 1. The fourth-order valence-corrected chi connectivity index (χ4v) is 4.41. The molecule has 1 saturated heterocycles. The maximum absolute atomic E-state index is 13.0.